The van der Waals surface area contributed by atoms with Crippen LogP contribution in [0.3, 0.4) is 0 Å². The molecule has 0 aliphatic carbocycles. The molecule has 0 saturated carbocycles. The first-order valence-electron chi connectivity index (χ1n) is 12.8. The highest BCUT2D eigenvalue weighted by Crippen LogP contribution is 2.54. The first-order chi connectivity index (χ1) is 19.1. The number of hydrogen-bond donors (Lipinski definition) is 0. The largest absolute Gasteiger partial charge is 0.416 e. The Labute approximate surface area is 234 Å². The predicted octanol–water partition coefficient (Wildman–Crippen LogP) is 4.13. The highest BCUT2D eigenvalue weighted by Gasteiger charge is 2.57. The Balaban J connectivity index is 1.42. The predicted molar refractivity (Wildman–Crippen MR) is 142 cm³/mol. The van der Waals surface area contributed by atoms with Crippen LogP contribution in [0.1, 0.15) is 41.2 Å². The molecule has 2 aromatic heterocycles. The fourth-order valence-electron chi connectivity index (χ4n) is 5.63. The van der Waals surface area contributed by atoms with E-state index < -0.39 is 40.6 Å². The molecule has 40 heavy (non-hydrogen) atoms. The van der Waals surface area contributed by atoms with Crippen LogP contribution in [-0.2, 0) is 27.1 Å². The third-order valence-corrected chi connectivity index (χ3v) is 10.1. The maximum absolute atomic E-state index is 13.8. The lowest BCUT2D eigenvalue weighted by molar-refractivity contribution is -0.137. The van der Waals surface area contributed by atoms with Crippen molar-refractivity contribution in [2.75, 3.05) is 18.0 Å². The molecule has 6 rings (SSSR count). The van der Waals surface area contributed by atoms with Crippen LogP contribution >= 0.6 is 23.1 Å². The van der Waals surface area contributed by atoms with Gasteiger partial charge in [-0.05, 0) is 49.1 Å². The molecule has 0 N–H and O–H groups in total. The maximum Gasteiger partial charge on any atom is 0.416 e. The Bertz CT molecular complexity index is 1550. The van der Waals surface area contributed by atoms with Crippen LogP contribution in [0.4, 0.5) is 18.9 Å². The number of thioether (sulfide) groups is 1. The molecule has 5 heterocycles. The molecule has 2 fully saturated rings. The van der Waals surface area contributed by atoms with E-state index >= 15 is 0 Å². The number of piperidine rings is 1. The highest BCUT2D eigenvalue weighted by molar-refractivity contribution is 8.00. The van der Waals surface area contributed by atoms with Crippen molar-refractivity contribution in [3.05, 3.63) is 74.5 Å². The number of thiazole rings is 1. The summed E-state index contributed by atoms with van der Waals surface area (Å²) in [6, 6.07) is 7.55. The lowest BCUT2D eigenvalue weighted by atomic mass is 9.84. The van der Waals surface area contributed by atoms with Gasteiger partial charge in [0.1, 0.15) is 11.8 Å². The molecule has 2 saturated heterocycles. The molecule has 0 bridgehead atoms. The number of likely N-dealkylation sites (tertiary alicyclic amines) is 1. The zero-order valence-corrected chi connectivity index (χ0v) is 22.6. The van der Waals surface area contributed by atoms with Crippen molar-refractivity contribution in [1.82, 2.24) is 14.5 Å². The van der Waals surface area contributed by atoms with Gasteiger partial charge in [-0.1, -0.05) is 35.2 Å². The van der Waals surface area contributed by atoms with Crippen molar-refractivity contribution in [1.29, 1.82) is 0 Å². The third kappa shape index (κ3) is 4.54. The summed E-state index contributed by atoms with van der Waals surface area (Å²) in [7, 11) is 0. The van der Waals surface area contributed by atoms with E-state index in [-0.39, 0.29) is 23.0 Å². The van der Waals surface area contributed by atoms with Crippen LogP contribution in [0.5, 0.6) is 0 Å². The van der Waals surface area contributed by atoms with Crippen LogP contribution in [0.15, 0.2) is 58.6 Å². The summed E-state index contributed by atoms with van der Waals surface area (Å²) in [5, 5.41) is -0.562. The molecule has 0 spiro atoms. The van der Waals surface area contributed by atoms with Gasteiger partial charge in [-0.25, -0.2) is 4.90 Å². The molecule has 3 amide bonds. The number of rotatable bonds is 4. The van der Waals surface area contributed by atoms with E-state index in [2.05, 4.69) is 4.98 Å². The summed E-state index contributed by atoms with van der Waals surface area (Å²) >= 11 is 1.95. The third-order valence-electron chi connectivity index (χ3n) is 7.53. The number of imide groups is 1. The molecule has 3 aliphatic rings. The molecule has 0 radical (unpaired) electrons. The van der Waals surface area contributed by atoms with Gasteiger partial charge in [0, 0.05) is 36.3 Å². The summed E-state index contributed by atoms with van der Waals surface area (Å²) in [5.41, 5.74) is -0.534. The maximum atomic E-state index is 13.8. The zero-order chi connectivity index (χ0) is 28.2. The van der Waals surface area contributed by atoms with Gasteiger partial charge in [-0.3, -0.25) is 28.7 Å². The van der Waals surface area contributed by atoms with Gasteiger partial charge < -0.3 is 4.90 Å². The van der Waals surface area contributed by atoms with Crippen molar-refractivity contribution in [3.63, 3.8) is 0 Å². The number of pyridine rings is 1. The molecule has 13 heteroatoms. The van der Waals surface area contributed by atoms with Gasteiger partial charge in [0.15, 0.2) is 0 Å². The number of benzene rings is 1. The molecule has 3 atom stereocenters. The number of hydrogen-bond acceptors (Lipinski definition) is 7. The number of carbonyl (C=O) groups is 3. The Hall–Kier alpha value is -3.45. The lowest BCUT2D eigenvalue weighted by Gasteiger charge is -2.31. The second-order valence-corrected chi connectivity index (χ2v) is 12.1. The lowest BCUT2D eigenvalue weighted by Crippen LogP contribution is -2.39. The SMILES string of the molecule is O=C(Cn1c2c(sc1=O)C(c1cccnc1)C1C(=O)N(c3cccc(C(F)(F)F)c3)C(=O)C1S2)N1CCCCC1. The van der Waals surface area contributed by atoms with Gasteiger partial charge >= 0.3 is 11.0 Å². The number of aromatic nitrogens is 2. The molecular weight excluding hydrogens is 565 g/mol. The van der Waals surface area contributed by atoms with Crippen LogP contribution < -0.4 is 9.77 Å². The second-order valence-electron chi connectivity index (χ2n) is 9.95. The molecule has 3 aliphatic heterocycles. The van der Waals surface area contributed by atoms with Crippen LogP contribution in [-0.4, -0.2) is 50.5 Å². The minimum atomic E-state index is -4.65. The molecule has 8 nitrogen and oxygen atoms in total. The number of carbonyl (C=O) groups excluding carboxylic acids is 3. The Kier molecular flexibility index (Phi) is 6.81. The molecule has 3 aromatic rings. The van der Waals surface area contributed by atoms with Crippen molar-refractivity contribution < 1.29 is 27.6 Å². The van der Waals surface area contributed by atoms with E-state index in [4.69, 9.17) is 0 Å². The molecule has 3 unspecified atom stereocenters. The first-order valence-corrected chi connectivity index (χ1v) is 14.5. The minimum absolute atomic E-state index is 0.161. The topological polar surface area (TPSA) is 92.6 Å². The fourth-order valence-corrected chi connectivity index (χ4v) is 8.40. The van der Waals surface area contributed by atoms with Crippen LogP contribution in [0.25, 0.3) is 0 Å². The normalized spacial score (nSPS) is 22.8. The standard InChI is InChI=1S/C27H23F3N4O4S2/c28-27(29,30)16-7-4-8-17(12-16)34-23(36)20-19(15-6-5-9-31-13-15)22-25(39-21(20)24(34)37)33(26(38)40-22)14-18(35)32-10-2-1-3-11-32/h4-9,12-13,19-21H,1-3,10-11,14H2. The van der Waals surface area contributed by atoms with E-state index in [9.17, 15) is 32.3 Å². The number of amides is 3. The van der Waals surface area contributed by atoms with Crippen LogP contribution in [0.2, 0.25) is 0 Å². The Morgan fingerprint density at radius 3 is 2.50 bits per heavy atom. The smallest absolute Gasteiger partial charge is 0.341 e. The number of anilines is 1. The fraction of sp³-hybridized carbons (Fsp3) is 0.370. The van der Waals surface area contributed by atoms with E-state index in [1.54, 1.807) is 29.4 Å². The van der Waals surface area contributed by atoms with Crippen molar-refractivity contribution in [2.45, 2.75) is 48.2 Å². The van der Waals surface area contributed by atoms with Gasteiger partial charge in [0.25, 0.3) is 0 Å². The summed E-state index contributed by atoms with van der Waals surface area (Å²) < 4.78 is 41.6. The number of nitrogens with zero attached hydrogens (tertiary/aromatic N) is 4. The monoisotopic (exact) mass is 588 g/mol. The summed E-state index contributed by atoms with van der Waals surface area (Å²) in [4.78, 5) is 60.7. The second kappa shape index (κ2) is 10.2. The van der Waals surface area contributed by atoms with E-state index in [0.717, 1.165) is 65.5 Å². The number of alkyl halides is 3. The van der Waals surface area contributed by atoms with E-state index in [1.165, 1.54) is 10.6 Å². The summed E-state index contributed by atoms with van der Waals surface area (Å²) in [6.07, 6.45) is 1.29. The highest BCUT2D eigenvalue weighted by atomic mass is 32.2. The molecular formula is C27H23F3N4O4S2. The first kappa shape index (κ1) is 26.8. The number of halogens is 3. The quantitative estimate of drug-likeness (QED) is 0.426. The van der Waals surface area contributed by atoms with Crippen LogP contribution in [0, 0.1) is 5.92 Å². The summed E-state index contributed by atoms with van der Waals surface area (Å²) in [5.74, 6) is -3.19. The average molecular weight is 589 g/mol. The van der Waals surface area contributed by atoms with Crippen molar-refractivity contribution >= 4 is 46.5 Å². The van der Waals surface area contributed by atoms with Gasteiger partial charge in [0.05, 0.1) is 22.2 Å². The van der Waals surface area contributed by atoms with E-state index in [1.807, 2.05) is 0 Å². The number of fused-ring (bicyclic) bond motifs is 2. The molecule has 1 aromatic carbocycles. The summed E-state index contributed by atoms with van der Waals surface area (Å²) in [6.45, 7) is 1.05. The Morgan fingerprint density at radius 1 is 1.02 bits per heavy atom. The van der Waals surface area contributed by atoms with Crippen molar-refractivity contribution in [2.24, 2.45) is 5.92 Å². The van der Waals surface area contributed by atoms with Crippen molar-refractivity contribution in [3.8, 4) is 0 Å². The Morgan fingerprint density at radius 2 is 1.80 bits per heavy atom. The van der Waals surface area contributed by atoms with Gasteiger partial charge in [-0.15, -0.1) is 0 Å². The van der Waals surface area contributed by atoms with Gasteiger partial charge in [-0.2, -0.15) is 13.2 Å². The zero-order valence-electron chi connectivity index (χ0n) is 21.0. The minimum Gasteiger partial charge on any atom is -0.341 e. The average Bonchev–Trinajstić information content (AvgIpc) is 3.39. The molecule has 208 valence electrons. The van der Waals surface area contributed by atoms with Gasteiger partial charge in [0.2, 0.25) is 17.7 Å². The van der Waals surface area contributed by atoms with E-state index in [0.29, 0.717) is 28.6 Å².